The van der Waals surface area contributed by atoms with Gasteiger partial charge in [0.1, 0.15) is 0 Å². The molecule has 5 heteroatoms. The first-order valence-corrected chi connectivity index (χ1v) is 8.69. The Kier molecular flexibility index (Phi) is 3.97. The summed E-state index contributed by atoms with van der Waals surface area (Å²) in [4.78, 5) is 0.334. The number of fused-ring (bicyclic) bond motifs is 1. The maximum Gasteiger partial charge on any atom is 0.244 e. The molecule has 1 fully saturated rings. The minimum absolute atomic E-state index is 0.121. The summed E-state index contributed by atoms with van der Waals surface area (Å²) in [6, 6.07) is 12.5. The van der Waals surface area contributed by atoms with Gasteiger partial charge in [-0.3, -0.25) is 0 Å². The third kappa shape index (κ3) is 2.57. The fourth-order valence-corrected chi connectivity index (χ4v) is 4.92. The van der Waals surface area contributed by atoms with Crippen molar-refractivity contribution in [1.82, 2.24) is 4.31 Å². The normalized spacial score (nSPS) is 20.7. The number of nitrogens with zero attached hydrogens (tertiary/aromatic N) is 1. The van der Waals surface area contributed by atoms with Crippen molar-refractivity contribution in [2.45, 2.75) is 30.2 Å². The van der Waals surface area contributed by atoms with E-state index >= 15 is 0 Å². The van der Waals surface area contributed by atoms with E-state index in [1.54, 1.807) is 12.1 Å². The van der Waals surface area contributed by atoms with Gasteiger partial charge in [-0.05, 0) is 24.3 Å². The maximum atomic E-state index is 13.0. The van der Waals surface area contributed by atoms with Crippen molar-refractivity contribution in [3.63, 3.8) is 0 Å². The molecule has 1 unspecified atom stereocenters. The molecular formula is C16H19NO3S. The van der Waals surface area contributed by atoms with Crippen molar-refractivity contribution in [2.75, 3.05) is 13.2 Å². The van der Waals surface area contributed by atoms with E-state index in [9.17, 15) is 13.5 Å². The monoisotopic (exact) mass is 305 g/mol. The van der Waals surface area contributed by atoms with Crippen molar-refractivity contribution in [3.8, 4) is 0 Å². The molecular weight excluding hydrogens is 286 g/mol. The van der Waals surface area contributed by atoms with Crippen LogP contribution in [0.4, 0.5) is 0 Å². The summed E-state index contributed by atoms with van der Waals surface area (Å²) < 4.78 is 27.4. The minimum Gasteiger partial charge on any atom is -0.395 e. The highest BCUT2D eigenvalue weighted by molar-refractivity contribution is 7.89. The predicted octanol–water partition coefficient (Wildman–Crippen LogP) is 2.38. The van der Waals surface area contributed by atoms with Gasteiger partial charge in [-0.15, -0.1) is 0 Å². The number of aliphatic hydroxyl groups is 1. The molecule has 0 amide bonds. The molecule has 1 heterocycles. The molecule has 0 radical (unpaired) electrons. The molecule has 21 heavy (non-hydrogen) atoms. The van der Waals surface area contributed by atoms with Crippen LogP contribution in [0.2, 0.25) is 0 Å². The Balaban J connectivity index is 2.12. The van der Waals surface area contributed by atoms with Crippen molar-refractivity contribution < 1.29 is 13.5 Å². The molecule has 4 nitrogen and oxygen atoms in total. The quantitative estimate of drug-likeness (QED) is 0.947. The van der Waals surface area contributed by atoms with E-state index in [-0.39, 0.29) is 12.6 Å². The summed E-state index contributed by atoms with van der Waals surface area (Å²) in [5.41, 5.74) is 0. The number of rotatable bonds is 3. The van der Waals surface area contributed by atoms with Crippen molar-refractivity contribution >= 4 is 20.8 Å². The lowest BCUT2D eigenvalue weighted by molar-refractivity contribution is 0.155. The standard InChI is InChI=1S/C16H19NO3S/c18-12-14-8-3-4-11-17(14)21(19,20)16-10-5-7-13-6-1-2-9-15(13)16/h1-2,5-7,9-10,14,18H,3-4,8,11-12H2. The number of benzene rings is 2. The first-order chi connectivity index (χ1) is 10.1. The van der Waals surface area contributed by atoms with Gasteiger partial charge in [0.05, 0.1) is 11.5 Å². The molecule has 2 aromatic carbocycles. The van der Waals surface area contributed by atoms with E-state index in [0.29, 0.717) is 11.4 Å². The van der Waals surface area contributed by atoms with Gasteiger partial charge in [-0.2, -0.15) is 4.31 Å². The molecule has 1 atom stereocenters. The van der Waals surface area contributed by atoms with Crippen LogP contribution in [0.1, 0.15) is 19.3 Å². The van der Waals surface area contributed by atoms with Gasteiger partial charge < -0.3 is 5.11 Å². The second-order valence-electron chi connectivity index (χ2n) is 5.43. The van der Waals surface area contributed by atoms with Gasteiger partial charge in [0.25, 0.3) is 0 Å². The second kappa shape index (κ2) is 5.75. The van der Waals surface area contributed by atoms with E-state index in [1.807, 2.05) is 30.3 Å². The van der Waals surface area contributed by atoms with Crippen LogP contribution in [0.3, 0.4) is 0 Å². The number of hydrogen-bond acceptors (Lipinski definition) is 3. The third-order valence-corrected chi connectivity index (χ3v) is 6.13. The van der Waals surface area contributed by atoms with Crippen molar-refractivity contribution in [3.05, 3.63) is 42.5 Å². The fraction of sp³-hybridized carbons (Fsp3) is 0.375. The van der Waals surface area contributed by atoms with Gasteiger partial charge >= 0.3 is 0 Å². The van der Waals surface area contributed by atoms with E-state index in [1.165, 1.54) is 4.31 Å². The average molecular weight is 305 g/mol. The Morgan fingerprint density at radius 2 is 1.86 bits per heavy atom. The fourth-order valence-electron chi connectivity index (χ4n) is 3.02. The van der Waals surface area contributed by atoms with Crippen LogP contribution in [0.15, 0.2) is 47.4 Å². The van der Waals surface area contributed by atoms with Gasteiger partial charge in [0.15, 0.2) is 0 Å². The van der Waals surface area contributed by atoms with Crippen LogP contribution in [-0.4, -0.2) is 37.0 Å². The minimum atomic E-state index is -3.58. The molecule has 3 rings (SSSR count). The largest absolute Gasteiger partial charge is 0.395 e. The summed E-state index contributed by atoms with van der Waals surface area (Å²) in [6.07, 6.45) is 2.54. The zero-order chi connectivity index (χ0) is 14.9. The zero-order valence-corrected chi connectivity index (χ0v) is 12.6. The highest BCUT2D eigenvalue weighted by Gasteiger charge is 2.33. The van der Waals surface area contributed by atoms with Crippen LogP contribution >= 0.6 is 0 Å². The summed E-state index contributed by atoms with van der Waals surface area (Å²) in [5.74, 6) is 0. The predicted molar refractivity (Wildman–Crippen MR) is 82.6 cm³/mol. The molecule has 1 aliphatic rings. The number of piperidine rings is 1. The SMILES string of the molecule is O=S(=O)(c1cccc2ccccc12)N1CCCCC1CO. The summed E-state index contributed by atoms with van der Waals surface area (Å²) in [6.45, 7) is 0.362. The van der Waals surface area contributed by atoms with Gasteiger partial charge in [0, 0.05) is 18.0 Å². The second-order valence-corrected chi connectivity index (χ2v) is 7.28. The molecule has 0 saturated carbocycles. The molecule has 1 N–H and O–H groups in total. The Morgan fingerprint density at radius 1 is 1.10 bits per heavy atom. The van der Waals surface area contributed by atoms with Crippen LogP contribution in [-0.2, 0) is 10.0 Å². The van der Waals surface area contributed by atoms with Crippen LogP contribution in [0, 0.1) is 0 Å². The smallest absolute Gasteiger partial charge is 0.244 e. The van der Waals surface area contributed by atoms with Gasteiger partial charge in [0.2, 0.25) is 10.0 Å². The molecule has 112 valence electrons. The Hall–Kier alpha value is -1.43. The van der Waals surface area contributed by atoms with E-state index in [0.717, 1.165) is 30.0 Å². The maximum absolute atomic E-state index is 13.0. The van der Waals surface area contributed by atoms with Crippen LogP contribution in [0.5, 0.6) is 0 Å². The lowest BCUT2D eigenvalue weighted by Gasteiger charge is -2.33. The number of sulfonamides is 1. The van der Waals surface area contributed by atoms with E-state index in [4.69, 9.17) is 0 Å². The van der Waals surface area contributed by atoms with E-state index in [2.05, 4.69) is 0 Å². The highest BCUT2D eigenvalue weighted by atomic mass is 32.2. The Bertz CT molecular complexity index is 737. The van der Waals surface area contributed by atoms with Crippen molar-refractivity contribution in [1.29, 1.82) is 0 Å². The summed E-state index contributed by atoms with van der Waals surface area (Å²) in [5, 5.41) is 11.1. The number of hydrogen-bond donors (Lipinski definition) is 1. The number of aliphatic hydroxyl groups excluding tert-OH is 1. The lowest BCUT2D eigenvalue weighted by atomic mass is 10.1. The van der Waals surface area contributed by atoms with Crippen LogP contribution in [0.25, 0.3) is 10.8 Å². The first-order valence-electron chi connectivity index (χ1n) is 7.25. The summed E-state index contributed by atoms with van der Waals surface area (Å²) in [7, 11) is -3.58. The average Bonchev–Trinajstić information content (AvgIpc) is 2.54. The third-order valence-electron chi connectivity index (χ3n) is 4.12. The summed E-state index contributed by atoms with van der Waals surface area (Å²) >= 11 is 0. The molecule has 0 bridgehead atoms. The molecule has 2 aromatic rings. The Labute approximate surface area is 125 Å². The molecule has 0 spiro atoms. The van der Waals surface area contributed by atoms with E-state index < -0.39 is 10.0 Å². The van der Waals surface area contributed by atoms with Gasteiger partial charge in [-0.1, -0.05) is 42.8 Å². The topological polar surface area (TPSA) is 57.6 Å². The highest BCUT2D eigenvalue weighted by Crippen LogP contribution is 2.29. The van der Waals surface area contributed by atoms with Gasteiger partial charge in [-0.25, -0.2) is 8.42 Å². The van der Waals surface area contributed by atoms with Crippen LogP contribution < -0.4 is 0 Å². The molecule has 1 aliphatic heterocycles. The lowest BCUT2D eigenvalue weighted by Crippen LogP contribution is -2.45. The molecule has 1 saturated heterocycles. The molecule has 0 aliphatic carbocycles. The first kappa shape index (κ1) is 14.5. The van der Waals surface area contributed by atoms with Crippen molar-refractivity contribution in [2.24, 2.45) is 0 Å². The molecule has 0 aromatic heterocycles. The zero-order valence-electron chi connectivity index (χ0n) is 11.8. The Morgan fingerprint density at radius 3 is 2.67 bits per heavy atom.